The van der Waals surface area contributed by atoms with E-state index in [0.29, 0.717) is 37.4 Å². The Labute approximate surface area is 268 Å². The van der Waals surface area contributed by atoms with Gasteiger partial charge >= 0.3 is 0 Å². The number of hydrogen-bond donors (Lipinski definition) is 2. The molecule has 9 heteroatoms. The second kappa shape index (κ2) is 15.5. The first kappa shape index (κ1) is 31.9. The summed E-state index contributed by atoms with van der Waals surface area (Å²) < 4.78 is 17.1. The predicted octanol–water partition coefficient (Wildman–Crippen LogP) is 6.14. The van der Waals surface area contributed by atoms with Crippen LogP contribution in [0, 0.1) is 0 Å². The standard InChI is InChI=1S/C36H39N3O5S/c1-3-43-32-22-25(12-17-31(32)42-2)18-20-38-21-19-33-35(41)39(29-11-7-10-28(23-29)34(37)40)36(45-33)27-13-15-30(16-14-27)44-24-26-8-5-4-6-9-26/h4-17,22-23,33,36,38H,3,18-21,24H2,1-2H3,(H2,37,40)/t33-,36-/m0/s1. The van der Waals surface area contributed by atoms with Gasteiger partial charge in [0, 0.05) is 11.3 Å². The van der Waals surface area contributed by atoms with Crippen LogP contribution < -0.4 is 30.2 Å². The minimum Gasteiger partial charge on any atom is -0.493 e. The summed E-state index contributed by atoms with van der Waals surface area (Å²) in [6.07, 6.45) is 1.49. The van der Waals surface area contributed by atoms with Crippen molar-refractivity contribution in [1.82, 2.24) is 5.32 Å². The van der Waals surface area contributed by atoms with Crippen LogP contribution in [-0.4, -0.2) is 43.9 Å². The highest BCUT2D eigenvalue weighted by Crippen LogP contribution is 2.47. The molecule has 0 bridgehead atoms. The van der Waals surface area contributed by atoms with Gasteiger partial charge in [-0.2, -0.15) is 0 Å². The summed E-state index contributed by atoms with van der Waals surface area (Å²) in [7, 11) is 1.64. The van der Waals surface area contributed by atoms with Gasteiger partial charge in [-0.1, -0.05) is 54.6 Å². The molecule has 45 heavy (non-hydrogen) atoms. The minimum absolute atomic E-state index is 0.00864. The smallest absolute Gasteiger partial charge is 0.248 e. The number of methoxy groups -OCH3 is 1. The lowest BCUT2D eigenvalue weighted by Crippen LogP contribution is -2.32. The van der Waals surface area contributed by atoms with Crippen molar-refractivity contribution in [2.45, 2.75) is 37.0 Å². The monoisotopic (exact) mass is 625 g/mol. The number of carbonyl (C=O) groups is 2. The summed E-state index contributed by atoms with van der Waals surface area (Å²) in [5.74, 6) is 1.70. The van der Waals surface area contributed by atoms with Gasteiger partial charge in [0.25, 0.3) is 0 Å². The lowest BCUT2D eigenvalue weighted by Gasteiger charge is -2.25. The van der Waals surface area contributed by atoms with E-state index in [1.165, 1.54) is 0 Å². The van der Waals surface area contributed by atoms with Crippen LogP contribution in [0.4, 0.5) is 5.69 Å². The van der Waals surface area contributed by atoms with Gasteiger partial charge in [0.2, 0.25) is 11.8 Å². The third-order valence-corrected chi connectivity index (χ3v) is 9.07. The van der Waals surface area contributed by atoms with E-state index in [1.54, 1.807) is 42.0 Å². The summed E-state index contributed by atoms with van der Waals surface area (Å²) in [5.41, 5.74) is 9.80. The van der Waals surface area contributed by atoms with Gasteiger partial charge in [0.1, 0.15) is 17.7 Å². The van der Waals surface area contributed by atoms with Crippen molar-refractivity contribution in [3.8, 4) is 17.2 Å². The molecule has 1 aliphatic rings. The first-order valence-electron chi connectivity index (χ1n) is 15.1. The molecule has 2 amide bonds. The molecule has 234 valence electrons. The first-order valence-corrected chi connectivity index (χ1v) is 16.1. The van der Waals surface area contributed by atoms with Crippen molar-refractivity contribution in [3.05, 3.63) is 119 Å². The maximum absolute atomic E-state index is 13.9. The zero-order valence-electron chi connectivity index (χ0n) is 25.6. The van der Waals surface area contributed by atoms with Gasteiger partial charge < -0.3 is 25.3 Å². The molecule has 1 fully saturated rings. The number of nitrogens with one attached hydrogen (secondary N) is 1. The average molecular weight is 626 g/mol. The molecule has 4 aromatic rings. The van der Waals surface area contributed by atoms with Crippen LogP contribution in [0.3, 0.4) is 0 Å². The van der Waals surface area contributed by atoms with Gasteiger partial charge in [0.15, 0.2) is 11.5 Å². The highest BCUT2D eigenvalue weighted by molar-refractivity contribution is 8.01. The van der Waals surface area contributed by atoms with Gasteiger partial charge in [-0.3, -0.25) is 14.5 Å². The van der Waals surface area contributed by atoms with E-state index in [9.17, 15) is 9.59 Å². The van der Waals surface area contributed by atoms with E-state index < -0.39 is 5.91 Å². The number of anilines is 1. The molecule has 4 aromatic carbocycles. The molecular weight excluding hydrogens is 586 g/mol. The van der Waals surface area contributed by atoms with Crippen molar-refractivity contribution in [1.29, 1.82) is 0 Å². The Morgan fingerprint density at radius 1 is 0.889 bits per heavy atom. The SMILES string of the molecule is CCOc1cc(CCNCC[C@@H]2S[C@@H](c3ccc(OCc4ccccc4)cc3)N(c3cccc(C(N)=O)c3)C2=O)ccc1OC. The number of amides is 2. The van der Waals surface area contributed by atoms with Crippen molar-refractivity contribution >= 4 is 29.3 Å². The zero-order chi connectivity index (χ0) is 31.6. The van der Waals surface area contributed by atoms with E-state index in [4.69, 9.17) is 19.9 Å². The molecule has 0 unspecified atom stereocenters. The fourth-order valence-electron chi connectivity index (χ4n) is 5.24. The molecule has 1 saturated heterocycles. The van der Waals surface area contributed by atoms with Gasteiger partial charge in [-0.15, -0.1) is 11.8 Å². The van der Waals surface area contributed by atoms with Crippen LogP contribution in [0.15, 0.2) is 97.1 Å². The van der Waals surface area contributed by atoms with Crippen molar-refractivity contribution in [2.75, 3.05) is 31.7 Å². The summed E-state index contributed by atoms with van der Waals surface area (Å²) in [4.78, 5) is 27.6. The predicted molar refractivity (Wildman–Crippen MR) is 179 cm³/mol. The van der Waals surface area contributed by atoms with Gasteiger partial charge in [0.05, 0.1) is 19.0 Å². The van der Waals surface area contributed by atoms with E-state index in [0.717, 1.165) is 46.9 Å². The zero-order valence-corrected chi connectivity index (χ0v) is 26.4. The van der Waals surface area contributed by atoms with Crippen LogP contribution in [0.1, 0.15) is 45.8 Å². The average Bonchev–Trinajstić information content (AvgIpc) is 3.40. The lowest BCUT2D eigenvalue weighted by molar-refractivity contribution is -0.117. The molecule has 0 aliphatic carbocycles. The Balaban J connectivity index is 1.24. The second-order valence-electron chi connectivity index (χ2n) is 10.7. The topological polar surface area (TPSA) is 103 Å². The molecule has 0 aromatic heterocycles. The fraction of sp³-hybridized carbons (Fsp3) is 0.278. The number of nitrogens with two attached hydrogens (primary N) is 1. The molecule has 0 saturated carbocycles. The molecular formula is C36H39N3O5S. The first-order chi connectivity index (χ1) is 22.0. The molecule has 1 heterocycles. The van der Waals surface area contributed by atoms with Crippen LogP contribution in [0.5, 0.6) is 17.2 Å². The summed E-state index contributed by atoms with van der Waals surface area (Å²) in [6.45, 7) is 4.45. The normalized spacial score (nSPS) is 16.0. The Morgan fingerprint density at radius 3 is 2.42 bits per heavy atom. The Kier molecular flexibility index (Phi) is 11.0. The molecule has 5 rings (SSSR count). The quantitative estimate of drug-likeness (QED) is 0.153. The van der Waals surface area contributed by atoms with E-state index in [2.05, 4.69) is 5.32 Å². The third-order valence-electron chi connectivity index (χ3n) is 7.56. The van der Waals surface area contributed by atoms with Crippen LogP contribution >= 0.6 is 11.8 Å². The summed E-state index contributed by atoms with van der Waals surface area (Å²) >= 11 is 1.62. The molecule has 0 radical (unpaired) electrons. The number of ether oxygens (including phenoxy) is 3. The van der Waals surface area contributed by atoms with Crippen LogP contribution in [0.25, 0.3) is 0 Å². The molecule has 3 N–H and O–H groups in total. The van der Waals surface area contributed by atoms with E-state index >= 15 is 0 Å². The third kappa shape index (κ3) is 8.17. The maximum atomic E-state index is 13.9. The maximum Gasteiger partial charge on any atom is 0.248 e. The number of carbonyl (C=O) groups excluding carboxylic acids is 2. The van der Waals surface area contributed by atoms with Crippen molar-refractivity contribution in [2.24, 2.45) is 5.73 Å². The molecule has 0 spiro atoms. The molecule has 2 atom stereocenters. The van der Waals surface area contributed by atoms with E-state index in [1.807, 2.05) is 85.8 Å². The Morgan fingerprint density at radius 2 is 1.69 bits per heavy atom. The summed E-state index contributed by atoms with van der Waals surface area (Å²) in [6, 6.07) is 30.8. The van der Waals surface area contributed by atoms with Gasteiger partial charge in [-0.25, -0.2) is 0 Å². The number of rotatable bonds is 15. The van der Waals surface area contributed by atoms with E-state index in [-0.39, 0.29) is 16.5 Å². The highest BCUT2D eigenvalue weighted by atomic mass is 32.2. The molecule has 1 aliphatic heterocycles. The number of benzene rings is 4. The van der Waals surface area contributed by atoms with Crippen molar-refractivity contribution in [3.63, 3.8) is 0 Å². The van der Waals surface area contributed by atoms with Crippen LogP contribution in [-0.2, 0) is 17.8 Å². The minimum atomic E-state index is -0.529. The number of nitrogens with zero attached hydrogens (tertiary/aromatic N) is 1. The molecule has 8 nitrogen and oxygen atoms in total. The lowest BCUT2D eigenvalue weighted by atomic mass is 10.1. The Bertz CT molecular complexity index is 1580. The number of primary amides is 1. The highest BCUT2D eigenvalue weighted by Gasteiger charge is 2.41. The number of thioether (sulfide) groups is 1. The summed E-state index contributed by atoms with van der Waals surface area (Å²) in [5, 5.41) is 2.99. The largest absolute Gasteiger partial charge is 0.493 e. The number of hydrogen-bond acceptors (Lipinski definition) is 7. The van der Waals surface area contributed by atoms with Gasteiger partial charge in [-0.05, 0) is 92.0 Å². The second-order valence-corrected chi connectivity index (χ2v) is 11.9. The van der Waals surface area contributed by atoms with Crippen LogP contribution in [0.2, 0.25) is 0 Å². The Hall–Kier alpha value is -4.47. The fourth-order valence-corrected chi connectivity index (χ4v) is 6.70. The van der Waals surface area contributed by atoms with Crippen molar-refractivity contribution < 1.29 is 23.8 Å².